The Labute approximate surface area is 157 Å². The molecule has 0 radical (unpaired) electrons. The minimum Gasteiger partial charge on any atom is -0.490 e. The first-order valence-electron chi connectivity index (χ1n) is 9.68. The van der Waals surface area contributed by atoms with Crippen molar-refractivity contribution in [2.75, 3.05) is 26.3 Å². The van der Waals surface area contributed by atoms with Gasteiger partial charge in [0.25, 0.3) is 0 Å². The molecule has 2 aliphatic rings. The molecule has 7 heteroatoms. The Hall–Kier alpha value is -2.38. The molecular weight excluding hydrogens is 344 g/mol. The Morgan fingerprint density at radius 3 is 2.85 bits per heavy atom. The third-order valence-corrected chi connectivity index (χ3v) is 5.61. The van der Waals surface area contributed by atoms with Gasteiger partial charge in [-0.3, -0.25) is 4.90 Å². The van der Waals surface area contributed by atoms with E-state index in [2.05, 4.69) is 50.1 Å². The quantitative estimate of drug-likeness (QED) is 0.690. The van der Waals surface area contributed by atoms with Crippen molar-refractivity contribution in [1.82, 2.24) is 19.7 Å². The summed E-state index contributed by atoms with van der Waals surface area (Å²) in [6.07, 6.45) is 6.88. The Morgan fingerprint density at radius 2 is 2.07 bits per heavy atom. The second-order valence-electron chi connectivity index (χ2n) is 7.36. The Balaban J connectivity index is 1.25. The van der Waals surface area contributed by atoms with Crippen LogP contribution in [0.1, 0.15) is 31.2 Å². The lowest BCUT2D eigenvalue weighted by Gasteiger charge is -2.31. The van der Waals surface area contributed by atoms with Crippen LogP contribution < -0.4 is 4.74 Å². The van der Waals surface area contributed by atoms with Crippen LogP contribution in [0.4, 0.5) is 0 Å². The molecule has 0 aliphatic carbocycles. The van der Waals surface area contributed by atoms with Crippen molar-refractivity contribution in [3.05, 3.63) is 42.7 Å². The van der Waals surface area contributed by atoms with Crippen LogP contribution in [0.15, 0.2) is 41.3 Å². The molecule has 7 nitrogen and oxygen atoms in total. The summed E-state index contributed by atoms with van der Waals surface area (Å²) in [4.78, 5) is 2.34. The standard InChI is InChI=1S/C20H24N4O3/c1-2-18-17(6-10-24(18)15-7-11-25-13-15)19(3-1)27-16-4-8-23(9-5-16)12-20-22-21-14-26-20/h1-3,6,10,14-16H,4-5,7-9,11-13H2. The monoisotopic (exact) mass is 368 g/mol. The number of fused-ring (bicyclic) bond motifs is 1. The van der Waals surface area contributed by atoms with E-state index in [1.807, 2.05) is 0 Å². The van der Waals surface area contributed by atoms with Crippen LogP contribution in [-0.2, 0) is 11.3 Å². The Bertz CT molecular complexity index is 878. The molecule has 1 atom stereocenters. The fourth-order valence-corrected chi connectivity index (χ4v) is 4.14. The van der Waals surface area contributed by atoms with Gasteiger partial charge in [0, 0.05) is 31.3 Å². The lowest BCUT2D eigenvalue weighted by Crippen LogP contribution is -2.37. The SMILES string of the molecule is c1cc(OC2CCN(Cc3nnco3)CC2)c2ccn(C3CCOC3)c2c1. The van der Waals surface area contributed by atoms with Crippen molar-refractivity contribution in [3.8, 4) is 5.75 Å². The highest BCUT2D eigenvalue weighted by Gasteiger charge is 2.23. The van der Waals surface area contributed by atoms with E-state index in [1.165, 1.54) is 17.3 Å². The maximum absolute atomic E-state index is 6.41. The molecule has 0 saturated carbocycles. The first kappa shape index (κ1) is 16.8. The van der Waals surface area contributed by atoms with Crippen molar-refractivity contribution in [2.24, 2.45) is 0 Å². The number of hydrogen-bond donors (Lipinski definition) is 0. The van der Waals surface area contributed by atoms with E-state index in [1.54, 1.807) is 0 Å². The molecule has 2 saturated heterocycles. The van der Waals surface area contributed by atoms with Crippen LogP contribution >= 0.6 is 0 Å². The van der Waals surface area contributed by atoms with Crippen LogP contribution in [-0.4, -0.2) is 52.1 Å². The van der Waals surface area contributed by atoms with Crippen molar-refractivity contribution >= 4 is 10.9 Å². The third kappa shape index (κ3) is 3.44. The smallest absolute Gasteiger partial charge is 0.230 e. The van der Waals surface area contributed by atoms with Gasteiger partial charge >= 0.3 is 0 Å². The van der Waals surface area contributed by atoms with Gasteiger partial charge in [0.1, 0.15) is 11.9 Å². The number of ether oxygens (including phenoxy) is 2. The molecule has 0 amide bonds. The van der Waals surface area contributed by atoms with Gasteiger partial charge in [0.15, 0.2) is 0 Å². The first-order chi connectivity index (χ1) is 13.4. The van der Waals surface area contributed by atoms with E-state index in [0.29, 0.717) is 18.5 Å². The number of nitrogens with zero attached hydrogens (tertiary/aromatic N) is 4. The van der Waals surface area contributed by atoms with Gasteiger partial charge in [-0.1, -0.05) is 6.07 Å². The molecule has 2 aromatic heterocycles. The molecule has 142 valence electrons. The molecular formula is C20H24N4O3. The molecule has 5 rings (SSSR count). The number of hydrogen-bond acceptors (Lipinski definition) is 6. The van der Waals surface area contributed by atoms with Crippen LogP contribution in [0.25, 0.3) is 10.9 Å². The van der Waals surface area contributed by atoms with Gasteiger partial charge in [-0.2, -0.15) is 0 Å². The van der Waals surface area contributed by atoms with E-state index in [0.717, 1.165) is 51.3 Å². The highest BCUT2D eigenvalue weighted by atomic mass is 16.5. The van der Waals surface area contributed by atoms with Gasteiger partial charge in [-0.25, -0.2) is 0 Å². The zero-order chi connectivity index (χ0) is 18.1. The molecule has 2 fully saturated rings. The number of aromatic nitrogens is 3. The number of piperidine rings is 1. The van der Waals surface area contributed by atoms with E-state index in [4.69, 9.17) is 13.9 Å². The van der Waals surface area contributed by atoms with Crippen molar-refractivity contribution in [1.29, 1.82) is 0 Å². The maximum atomic E-state index is 6.41. The normalized spacial score (nSPS) is 21.9. The topological polar surface area (TPSA) is 65.5 Å². The van der Waals surface area contributed by atoms with E-state index < -0.39 is 0 Å². The molecule has 3 aromatic rings. The van der Waals surface area contributed by atoms with E-state index in [9.17, 15) is 0 Å². The Morgan fingerprint density at radius 1 is 1.15 bits per heavy atom. The summed E-state index contributed by atoms with van der Waals surface area (Å²) in [6, 6.07) is 8.96. The fourth-order valence-electron chi connectivity index (χ4n) is 4.14. The largest absolute Gasteiger partial charge is 0.490 e. The van der Waals surface area contributed by atoms with E-state index in [-0.39, 0.29) is 6.10 Å². The minimum absolute atomic E-state index is 0.243. The van der Waals surface area contributed by atoms with Crippen LogP contribution in [0.2, 0.25) is 0 Å². The predicted octanol–water partition coefficient (Wildman–Crippen LogP) is 3.03. The van der Waals surface area contributed by atoms with Gasteiger partial charge in [-0.05, 0) is 37.5 Å². The van der Waals surface area contributed by atoms with Gasteiger partial charge < -0.3 is 18.5 Å². The molecule has 0 N–H and O–H groups in total. The van der Waals surface area contributed by atoms with Crippen LogP contribution in [0.3, 0.4) is 0 Å². The highest BCUT2D eigenvalue weighted by molar-refractivity contribution is 5.86. The number of benzene rings is 1. The molecule has 1 unspecified atom stereocenters. The maximum Gasteiger partial charge on any atom is 0.230 e. The van der Waals surface area contributed by atoms with Gasteiger partial charge in [-0.15, -0.1) is 10.2 Å². The summed E-state index contributed by atoms with van der Waals surface area (Å²) in [6.45, 7) is 4.32. The minimum atomic E-state index is 0.243. The first-order valence-corrected chi connectivity index (χ1v) is 9.68. The molecule has 0 spiro atoms. The second kappa shape index (κ2) is 7.32. The van der Waals surface area contributed by atoms with Crippen LogP contribution in [0, 0.1) is 0 Å². The summed E-state index contributed by atoms with van der Waals surface area (Å²) >= 11 is 0. The van der Waals surface area contributed by atoms with Crippen LogP contribution in [0.5, 0.6) is 5.75 Å². The lowest BCUT2D eigenvalue weighted by atomic mass is 10.1. The molecule has 4 heterocycles. The second-order valence-corrected chi connectivity index (χ2v) is 7.36. The Kier molecular flexibility index (Phi) is 4.55. The van der Waals surface area contributed by atoms with Crippen molar-refractivity contribution in [2.45, 2.75) is 38.0 Å². The van der Waals surface area contributed by atoms with E-state index >= 15 is 0 Å². The zero-order valence-corrected chi connectivity index (χ0v) is 15.3. The molecule has 1 aromatic carbocycles. The van der Waals surface area contributed by atoms with Gasteiger partial charge in [0.2, 0.25) is 12.3 Å². The van der Waals surface area contributed by atoms with Gasteiger partial charge in [0.05, 0.1) is 24.7 Å². The van der Waals surface area contributed by atoms with Crippen molar-refractivity contribution in [3.63, 3.8) is 0 Å². The molecule has 2 aliphatic heterocycles. The molecule has 27 heavy (non-hydrogen) atoms. The average Bonchev–Trinajstić information content (AvgIpc) is 3.45. The van der Waals surface area contributed by atoms with Crippen molar-refractivity contribution < 1.29 is 13.9 Å². The number of likely N-dealkylation sites (tertiary alicyclic amines) is 1. The summed E-state index contributed by atoms with van der Waals surface area (Å²) in [7, 11) is 0. The fraction of sp³-hybridized carbons (Fsp3) is 0.500. The number of rotatable bonds is 5. The molecule has 0 bridgehead atoms. The summed E-state index contributed by atoms with van der Waals surface area (Å²) < 4.78 is 19.5. The highest BCUT2D eigenvalue weighted by Crippen LogP contribution is 2.32. The lowest BCUT2D eigenvalue weighted by molar-refractivity contribution is 0.0929. The predicted molar refractivity (Wildman–Crippen MR) is 99.6 cm³/mol. The average molecular weight is 368 g/mol. The third-order valence-electron chi connectivity index (χ3n) is 5.61. The summed E-state index contributed by atoms with van der Waals surface area (Å²) in [5.41, 5.74) is 1.23. The summed E-state index contributed by atoms with van der Waals surface area (Å²) in [5, 5.41) is 8.90. The zero-order valence-electron chi connectivity index (χ0n) is 15.3. The summed E-state index contributed by atoms with van der Waals surface area (Å²) in [5.74, 6) is 1.66.